The summed E-state index contributed by atoms with van der Waals surface area (Å²) in [6.07, 6.45) is 5.63. The van der Waals surface area contributed by atoms with Crippen molar-refractivity contribution in [3.8, 4) is 0 Å². The predicted molar refractivity (Wildman–Crippen MR) is 55.6 cm³/mol. The Bertz CT molecular complexity index is 78.9. The quantitative estimate of drug-likeness (QED) is 0.491. The van der Waals surface area contributed by atoms with Gasteiger partial charge < -0.3 is 0 Å². The Morgan fingerprint density at radius 1 is 1.40 bits per heavy atom. The first kappa shape index (κ1) is 9.14. The van der Waals surface area contributed by atoms with Crippen LogP contribution in [0.1, 0.15) is 32.6 Å². The Morgan fingerprint density at radius 2 is 2.30 bits per heavy atom. The molecule has 0 amide bonds. The minimum atomic E-state index is 0.913. The lowest BCUT2D eigenvalue weighted by atomic mass is 10.2. The van der Waals surface area contributed by atoms with Gasteiger partial charge in [-0.2, -0.15) is 0 Å². The van der Waals surface area contributed by atoms with Gasteiger partial charge in [-0.05, 0) is 6.42 Å². The molecule has 3 heteroatoms. The first-order valence-corrected chi connectivity index (χ1v) is 7.26. The molecule has 0 bridgehead atoms. The first-order chi connectivity index (χ1) is 4.93. The molecule has 1 atom stereocenters. The lowest BCUT2D eigenvalue weighted by molar-refractivity contribution is 0.698. The number of thioether (sulfide) groups is 1. The molecule has 0 radical (unpaired) electrons. The zero-order valence-electron chi connectivity index (χ0n) is 6.34. The van der Waals surface area contributed by atoms with Crippen LogP contribution in [-0.4, -0.2) is 9.67 Å². The number of rotatable bonds is 4. The molecule has 0 aromatic rings. The van der Waals surface area contributed by atoms with Crippen molar-refractivity contribution in [2.24, 2.45) is 0 Å². The van der Waals surface area contributed by atoms with E-state index in [0.29, 0.717) is 0 Å². The second kappa shape index (κ2) is 5.67. The SMILES string of the molecule is CCCCCC1SCSS1. The summed E-state index contributed by atoms with van der Waals surface area (Å²) < 4.78 is 0.913. The summed E-state index contributed by atoms with van der Waals surface area (Å²) >= 11 is 2.12. The van der Waals surface area contributed by atoms with Crippen LogP contribution in [0.3, 0.4) is 0 Å². The summed E-state index contributed by atoms with van der Waals surface area (Å²) in [7, 11) is 4.09. The van der Waals surface area contributed by atoms with Crippen molar-refractivity contribution in [1.82, 2.24) is 0 Å². The second-order valence-electron chi connectivity index (χ2n) is 2.42. The largest absolute Gasteiger partial charge is 0.135 e. The molecule has 10 heavy (non-hydrogen) atoms. The van der Waals surface area contributed by atoms with Gasteiger partial charge in [0.05, 0.1) is 9.67 Å². The molecule has 0 saturated carbocycles. The van der Waals surface area contributed by atoms with Crippen LogP contribution in [0.15, 0.2) is 0 Å². The molecule has 1 aliphatic rings. The summed E-state index contributed by atoms with van der Waals surface area (Å²) in [5, 5.41) is 1.31. The van der Waals surface area contributed by atoms with E-state index < -0.39 is 0 Å². The van der Waals surface area contributed by atoms with E-state index in [1.165, 1.54) is 30.8 Å². The van der Waals surface area contributed by atoms with Crippen LogP contribution in [0.4, 0.5) is 0 Å². The van der Waals surface area contributed by atoms with Crippen molar-refractivity contribution >= 4 is 33.3 Å². The maximum Gasteiger partial charge on any atom is 0.0615 e. The fourth-order valence-corrected chi connectivity index (χ4v) is 6.19. The normalized spacial score (nSPS) is 25.5. The van der Waals surface area contributed by atoms with Gasteiger partial charge in [0.2, 0.25) is 0 Å². The standard InChI is InChI=1S/C7H14S3/c1-2-3-4-5-7-8-6-9-10-7/h7H,2-6H2,1H3. The molecule has 1 heterocycles. The minimum Gasteiger partial charge on any atom is -0.135 e. The highest BCUT2D eigenvalue weighted by atomic mass is 33.1. The zero-order valence-corrected chi connectivity index (χ0v) is 8.79. The van der Waals surface area contributed by atoms with E-state index in [1.54, 1.807) is 0 Å². The van der Waals surface area contributed by atoms with Crippen LogP contribution >= 0.6 is 33.3 Å². The Kier molecular flexibility index (Phi) is 5.18. The Balaban J connectivity index is 1.91. The molecular weight excluding hydrogens is 180 g/mol. The molecule has 0 aromatic carbocycles. The molecular formula is C7H14S3. The first-order valence-electron chi connectivity index (χ1n) is 3.83. The summed E-state index contributed by atoms with van der Waals surface area (Å²) in [5.74, 6) is 0. The number of hydrogen-bond donors (Lipinski definition) is 0. The van der Waals surface area contributed by atoms with Crippen LogP contribution in [0.5, 0.6) is 0 Å². The third kappa shape index (κ3) is 3.44. The highest BCUT2D eigenvalue weighted by molar-refractivity contribution is 8.82. The van der Waals surface area contributed by atoms with E-state index in [2.05, 4.69) is 29.5 Å². The Hall–Kier alpha value is 1.05. The highest BCUT2D eigenvalue weighted by Gasteiger charge is 2.15. The molecule has 1 aliphatic heterocycles. The number of unbranched alkanes of at least 4 members (excludes halogenated alkanes) is 2. The van der Waals surface area contributed by atoms with Gasteiger partial charge in [0.25, 0.3) is 0 Å². The summed E-state index contributed by atoms with van der Waals surface area (Å²) in [5.41, 5.74) is 0. The van der Waals surface area contributed by atoms with E-state index in [9.17, 15) is 0 Å². The maximum atomic E-state index is 2.27. The van der Waals surface area contributed by atoms with Crippen molar-refractivity contribution in [1.29, 1.82) is 0 Å². The van der Waals surface area contributed by atoms with E-state index in [0.717, 1.165) is 4.58 Å². The van der Waals surface area contributed by atoms with Gasteiger partial charge in [-0.1, -0.05) is 47.8 Å². The third-order valence-electron chi connectivity index (χ3n) is 1.52. The molecule has 0 spiro atoms. The molecule has 60 valence electrons. The van der Waals surface area contributed by atoms with Crippen molar-refractivity contribution in [2.75, 3.05) is 5.08 Å². The predicted octanol–water partition coefficient (Wildman–Crippen LogP) is 3.98. The molecule has 0 nitrogen and oxygen atoms in total. The summed E-state index contributed by atoms with van der Waals surface area (Å²) in [6, 6.07) is 0. The Morgan fingerprint density at radius 3 is 2.90 bits per heavy atom. The zero-order chi connectivity index (χ0) is 7.23. The van der Waals surface area contributed by atoms with Crippen molar-refractivity contribution in [3.05, 3.63) is 0 Å². The van der Waals surface area contributed by atoms with Crippen LogP contribution in [0.25, 0.3) is 0 Å². The van der Waals surface area contributed by atoms with Crippen molar-refractivity contribution < 1.29 is 0 Å². The van der Waals surface area contributed by atoms with Gasteiger partial charge in [0.1, 0.15) is 0 Å². The van der Waals surface area contributed by atoms with Crippen LogP contribution in [0.2, 0.25) is 0 Å². The molecule has 1 unspecified atom stereocenters. The van der Waals surface area contributed by atoms with Gasteiger partial charge in [-0.15, -0.1) is 11.8 Å². The van der Waals surface area contributed by atoms with Crippen LogP contribution in [0, 0.1) is 0 Å². The molecule has 1 rings (SSSR count). The second-order valence-corrected chi connectivity index (χ2v) is 6.85. The summed E-state index contributed by atoms with van der Waals surface area (Å²) in [4.78, 5) is 0. The van der Waals surface area contributed by atoms with Gasteiger partial charge in [0, 0.05) is 0 Å². The fourth-order valence-electron chi connectivity index (χ4n) is 0.928. The van der Waals surface area contributed by atoms with Crippen molar-refractivity contribution in [2.45, 2.75) is 37.2 Å². The van der Waals surface area contributed by atoms with E-state index in [-0.39, 0.29) is 0 Å². The topological polar surface area (TPSA) is 0 Å². The van der Waals surface area contributed by atoms with Gasteiger partial charge in [-0.3, -0.25) is 0 Å². The van der Waals surface area contributed by atoms with Gasteiger partial charge in [-0.25, -0.2) is 0 Å². The lowest BCUT2D eigenvalue weighted by Crippen LogP contribution is -1.89. The van der Waals surface area contributed by atoms with Gasteiger partial charge >= 0.3 is 0 Å². The average molecular weight is 194 g/mol. The Labute approximate surface area is 75.7 Å². The molecule has 1 fully saturated rings. The minimum absolute atomic E-state index is 0.913. The van der Waals surface area contributed by atoms with E-state index >= 15 is 0 Å². The fraction of sp³-hybridized carbons (Fsp3) is 1.00. The third-order valence-corrected chi connectivity index (χ3v) is 6.68. The lowest BCUT2D eigenvalue weighted by Gasteiger charge is -2.03. The van der Waals surface area contributed by atoms with Gasteiger partial charge in [0.15, 0.2) is 0 Å². The number of hydrogen-bond acceptors (Lipinski definition) is 3. The van der Waals surface area contributed by atoms with E-state index in [4.69, 9.17) is 0 Å². The van der Waals surface area contributed by atoms with Crippen LogP contribution in [-0.2, 0) is 0 Å². The summed E-state index contributed by atoms with van der Waals surface area (Å²) in [6.45, 7) is 2.27. The monoisotopic (exact) mass is 194 g/mol. The molecule has 0 aromatic heterocycles. The smallest absolute Gasteiger partial charge is 0.0615 e. The van der Waals surface area contributed by atoms with Crippen LogP contribution < -0.4 is 0 Å². The average Bonchev–Trinajstić information content (AvgIpc) is 2.41. The molecule has 1 saturated heterocycles. The van der Waals surface area contributed by atoms with E-state index in [1.807, 2.05) is 10.8 Å². The maximum absolute atomic E-state index is 2.27. The molecule has 0 N–H and O–H groups in total. The molecule has 0 aliphatic carbocycles. The van der Waals surface area contributed by atoms with Crippen molar-refractivity contribution in [3.63, 3.8) is 0 Å². The highest BCUT2D eigenvalue weighted by Crippen LogP contribution is 2.46.